The standard InChI is InChI=1S/C18H17N3O4/c22-17-9-14(18(23)19-11-13-5-2-1-3-6-13)12-20(17)15-7-4-8-16(10-15)21(24)25/h1-8,10,14H,9,11-12H2,(H,19,23)/t14-/m1/s1. The van der Waals surface area contributed by atoms with E-state index in [0.717, 1.165) is 5.56 Å². The molecule has 7 nitrogen and oxygen atoms in total. The lowest BCUT2D eigenvalue weighted by molar-refractivity contribution is -0.384. The van der Waals surface area contributed by atoms with E-state index >= 15 is 0 Å². The number of hydrogen-bond donors (Lipinski definition) is 1. The molecule has 7 heteroatoms. The van der Waals surface area contributed by atoms with Gasteiger partial charge in [0.15, 0.2) is 0 Å². The fraction of sp³-hybridized carbons (Fsp3) is 0.222. The van der Waals surface area contributed by atoms with Crippen molar-refractivity contribution >= 4 is 23.2 Å². The highest BCUT2D eigenvalue weighted by atomic mass is 16.6. The Morgan fingerprint density at radius 2 is 1.96 bits per heavy atom. The number of nitrogens with zero attached hydrogens (tertiary/aromatic N) is 2. The molecule has 0 radical (unpaired) electrons. The molecule has 1 atom stereocenters. The van der Waals surface area contributed by atoms with Gasteiger partial charge in [0.25, 0.3) is 5.69 Å². The summed E-state index contributed by atoms with van der Waals surface area (Å²) in [5, 5.41) is 13.7. The van der Waals surface area contributed by atoms with Crippen LogP contribution in [0.25, 0.3) is 0 Å². The minimum Gasteiger partial charge on any atom is -0.352 e. The molecule has 3 rings (SSSR count). The molecular formula is C18H17N3O4. The van der Waals surface area contributed by atoms with Crippen LogP contribution in [0.15, 0.2) is 54.6 Å². The number of anilines is 1. The molecule has 0 aromatic heterocycles. The predicted octanol–water partition coefficient (Wildman–Crippen LogP) is 2.26. The minimum atomic E-state index is -0.506. The van der Waals surface area contributed by atoms with Gasteiger partial charge < -0.3 is 10.2 Å². The molecule has 0 bridgehead atoms. The second-order valence-electron chi connectivity index (χ2n) is 5.89. The van der Waals surface area contributed by atoms with Crippen molar-refractivity contribution < 1.29 is 14.5 Å². The molecule has 0 unspecified atom stereocenters. The van der Waals surface area contributed by atoms with Gasteiger partial charge in [-0.25, -0.2) is 0 Å². The van der Waals surface area contributed by atoms with Crippen LogP contribution in [0.5, 0.6) is 0 Å². The average molecular weight is 339 g/mol. The van der Waals surface area contributed by atoms with E-state index in [1.807, 2.05) is 30.3 Å². The van der Waals surface area contributed by atoms with Crippen LogP contribution in [0.2, 0.25) is 0 Å². The van der Waals surface area contributed by atoms with Gasteiger partial charge in [-0.15, -0.1) is 0 Å². The molecular weight excluding hydrogens is 322 g/mol. The van der Waals surface area contributed by atoms with E-state index in [2.05, 4.69) is 5.32 Å². The number of hydrogen-bond acceptors (Lipinski definition) is 4. The zero-order valence-corrected chi connectivity index (χ0v) is 13.4. The summed E-state index contributed by atoms with van der Waals surface area (Å²) in [7, 11) is 0. The largest absolute Gasteiger partial charge is 0.352 e. The summed E-state index contributed by atoms with van der Waals surface area (Å²) in [5.74, 6) is -0.860. The van der Waals surface area contributed by atoms with Crippen molar-refractivity contribution in [2.45, 2.75) is 13.0 Å². The van der Waals surface area contributed by atoms with Gasteiger partial charge >= 0.3 is 0 Å². The number of amides is 2. The number of carbonyl (C=O) groups is 2. The minimum absolute atomic E-state index is 0.0812. The molecule has 2 aromatic carbocycles. The molecule has 1 aliphatic heterocycles. The van der Waals surface area contributed by atoms with Gasteiger partial charge in [-0.05, 0) is 11.6 Å². The van der Waals surface area contributed by atoms with Crippen molar-refractivity contribution in [1.82, 2.24) is 5.32 Å². The van der Waals surface area contributed by atoms with Crippen LogP contribution in [0.3, 0.4) is 0 Å². The molecule has 2 amide bonds. The Morgan fingerprint density at radius 3 is 2.68 bits per heavy atom. The second kappa shape index (κ2) is 7.12. The first-order valence-electron chi connectivity index (χ1n) is 7.91. The maximum Gasteiger partial charge on any atom is 0.271 e. The highest BCUT2D eigenvalue weighted by Gasteiger charge is 2.35. The Balaban J connectivity index is 1.65. The van der Waals surface area contributed by atoms with Gasteiger partial charge in [0, 0.05) is 31.6 Å². The average Bonchev–Trinajstić information content (AvgIpc) is 3.02. The maximum absolute atomic E-state index is 12.3. The maximum atomic E-state index is 12.3. The number of benzene rings is 2. The van der Waals surface area contributed by atoms with Crippen LogP contribution in [-0.2, 0) is 16.1 Å². The van der Waals surface area contributed by atoms with Crippen LogP contribution in [0, 0.1) is 16.0 Å². The number of carbonyl (C=O) groups excluding carboxylic acids is 2. The molecule has 25 heavy (non-hydrogen) atoms. The SMILES string of the molecule is O=C(NCc1ccccc1)[C@@H]1CC(=O)N(c2cccc([N+](=O)[O-])c2)C1. The lowest BCUT2D eigenvalue weighted by atomic mass is 10.1. The summed E-state index contributed by atoms with van der Waals surface area (Å²) in [5.41, 5.74) is 1.34. The van der Waals surface area contributed by atoms with Crippen LogP contribution >= 0.6 is 0 Å². The van der Waals surface area contributed by atoms with Crippen LogP contribution < -0.4 is 10.2 Å². The molecule has 1 heterocycles. The smallest absolute Gasteiger partial charge is 0.271 e. The van der Waals surface area contributed by atoms with E-state index < -0.39 is 10.8 Å². The summed E-state index contributed by atoms with van der Waals surface area (Å²) in [6.45, 7) is 0.627. The van der Waals surface area contributed by atoms with E-state index in [4.69, 9.17) is 0 Å². The van der Waals surface area contributed by atoms with Crippen molar-refractivity contribution in [2.75, 3.05) is 11.4 Å². The molecule has 0 spiro atoms. The summed E-state index contributed by atoms with van der Waals surface area (Å²) in [6, 6.07) is 15.4. The van der Waals surface area contributed by atoms with E-state index in [1.54, 1.807) is 6.07 Å². The van der Waals surface area contributed by atoms with Crippen molar-refractivity contribution in [3.05, 3.63) is 70.3 Å². The highest BCUT2D eigenvalue weighted by Crippen LogP contribution is 2.28. The Bertz CT molecular complexity index is 807. The van der Waals surface area contributed by atoms with Crippen molar-refractivity contribution in [3.63, 3.8) is 0 Å². The molecule has 128 valence electrons. The molecule has 0 aliphatic carbocycles. The third kappa shape index (κ3) is 3.82. The molecule has 1 aliphatic rings. The zero-order chi connectivity index (χ0) is 17.8. The van der Waals surface area contributed by atoms with Crippen LogP contribution in [0.1, 0.15) is 12.0 Å². The third-order valence-corrected chi connectivity index (χ3v) is 4.16. The summed E-state index contributed by atoms with van der Waals surface area (Å²) in [4.78, 5) is 36.3. The topological polar surface area (TPSA) is 92.6 Å². The first-order valence-corrected chi connectivity index (χ1v) is 7.91. The summed E-state index contributed by atoms with van der Waals surface area (Å²) < 4.78 is 0. The van der Waals surface area contributed by atoms with Gasteiger partial charge in [0.2, 0.25) is 11.8 Å². The third-order valence-electron chi connectivity index (χ3n) is 4.16. The van der Waals surface area contributed by atoms with Gasteiger partial charge in [-0.1, -0.05) is 36.4 Å². The zero-order valence-electron chi connectivity index (χ0n) is 13.4. The fourth-order valence-corrected chi connectivity index (χ4v) is 2.84. The van der Waals surface area contributed by atoms with Crippen molar-refractivity contribution in [1.29, 1.82) is 0 Å². The predicted molar refractivity (Wildman–Crippen MR) is 91.8 cm³/mol. The summed E-state index contributed by atoms with van der Waals surface area (Å²) in [6.07, 6.45) is 0.101. The monoisotopic (exact) mass is 339 g/mol. The molecule has 1 N–H and O–H groups in total. The normalized spacial score (nSPS) is 16.7. The highest BCUT2D eigenvalue weighted by molar-refractivity contribution is 6.00. The molecule has 1 saturated heterocycles. The van der Waals surface area contributed by atoms with Gasteiger partial charge in [-0.3, -0.25) is 19.7 Å². The Hall–Kier alpha value is -3.22. The number of rotatable bonds is 5. The number of nitrogens with one attached hydrogen (secondary N) is 1. The molecule has 2 aromatic rings. The molecule has 0 saturated carbocycles. The van der Waals surface area contributed by atoms with Crippen molar-refractivity contribution in [3.8, 4) is 0 Å². The Labute approximate surface area is 144 Å². The Kier molecular flexibility index (Phi) is 4.74. The van der Waals surface area contributed by atoms with Crippen molar-refractivity contribution in [2.24, 2.45) is 5.92 Å². The lowest BCUT2D eigenvalue weighted by Crippen LogP contribution is -2.32. The fourth-order valence-electron chi connectivity index (χ4n) is 2.84. The van der Waals surface area contributed by atoms with Gasteiger partial charge in [0.05, 0.1) is 16.5 Å². The Morgan fingerprint density at radius 1 is 1.20 bits per heavy atom. The number of nitro benzene ring substituents is 1. The van der Waals surface area contributed by atoms with E-state index in [1.165, 1.54) is 23.1 Å². The van der Waals surface area contributed by atoms with Gasteiger partial charge in [0.1, 0.15) is 0 Å². The first-order chi connectivity index (χ1) is 12.0. The first kappa shape index (κ1) is 16.6. The van der Waals surface area contributed by atoms with E-state index in [0.29, 0.717) is 12.2 Å². The summed E-state index contributed by atoms with van der Waals surface area (Å²) >= 11 is 0. The second-order valence-corrected chi connectivity index (χ2v) is 5.89. The lowest BCUT2D eigenvalue weighted by Gasteiger charge is -2.16. The van der Waals surface area contributed by atoms with Gasteiger partial charge in [-0.2, -0.15) is 0 Å². The van der Waals surface area contributed by atoms with Crippen LogP contribution in [0.4, 0.5) is 11.4 Å². The number of nitro groups is 1. The quantitative estimate of drug-likeness (QED) is 0.668. The van der Waals surface area contributed by atoms with E-state index in [9.17, 15) is 19.7 Å². The number of non-ortho nitro benzene ring substituents is 1. The van der Waals surface area contributed by atoms with Crippen LogP contribution in [-0.4, -0.2) is 23.3 Å². The van der Waals surface area contributed by atoms with E-state index in [-0.39, 0.29) is 30.5 Å². The molecule has 1 fully saturated rings.